The van der Waals surface area contributed by atoms with E-state index in [1.54, 1.807) is 0 Å². The molecule has 0 radical (unpaired) electrons. The fourth-order valence-corrected chi connectivity index (χ4v) is 3.58. The average Bonchev–Trinajstić information content (AvgIpc) is 2.56. The van der Waals surface area contributed by atoms with Crippen LogP contribution >= 0.6 is 0 Å². The van der Waals surface area contributed by atoms with Crippen molar-refractivity contribution in [1.29, 1.82) is 0 Å². The van der Waals surface area contributed by atoms with E-state index in [2.05, 4.69) is 6.92 Å². The van der Waals surface area contributed by atoms with Gasteiger partial charge in [-0.15, -0.1) is 0 Å². The van der Waals surface area contributed by atoms with Gasteiger partial charge in [0.15, 0.2) is 0 Å². The number of ether oxygens (including phenoxy) is 1. The summed E-state index contributed by atoms with van der Waals surface area (Å²) in [6.07, 6.45) is 17.0. The van der Waals surface area contributed by atoms with E-state index in [1.165, 1.54) is 70.6 Å². The van der Waals surface area contributed by atoms with E-state index < -0.39 is 28.6 Å². The topological polar surface area (TPSA) is 86.7 Å². The summed E-state index contributed by atoms with van der Waals surface area (Å²) in [6, 6.07) is 0. The molecular weight excluding hydrogens is 363 g/mol. The number of unbranched alkanes of at least 4 members (excludes halogenated alkanes) is 13. The Morgan fingerprint density at radius 2 is 1.19 bits per heavy atom. The molecule has 5 nitrogen and oxygen atoms in total. The van der Waals surface area contributed by atoms with Crippen molar-refractivity contribution in [3.8, 4) is 0 Å². The van der Waals surface area contributed by atoms with Gasteiger partial charge in [0.1, 0.15) is 0 Å². The van der Waals surface area contributed by atoms with Gasteiger partial charge in [0.25, 0.3) is 0 Å². The molecule has 0 aliphatic rings. The predicted octanol–water partition coefficient (Wildman–Crippen LogP) is 1.39. The first kappa shape index (κ1) is 29.0. The molecule has 0 fully saturated rings. The molecule has 0 aromatic rings. The van der Waals surface area contributed by atoms with E-state index in [-0.39, 0.29) is 29.6 Å². The molecule has 7 heteroatoms. The van der Waals surface area contributed by atoms with Crippen molar-refractivity contribution in [3.63, 3.8) is 0 Å². The van der Waals surface area contributed by atoms with E-state index >= 15 is 0 Å². The Kier molecular flexibility index (Phi) is 23.0. The fraction of sp³-hybridized carbons (Fsp3) is 1.00. The third-order valence-electron chi connectivity index (χ3n) is 4.45. The third kappa shape index (κ3) is 22.9. The maximum atomic E-state index is 10.6. The molecule has 1 atom stereocenters. The molecule has 0 aromatic heterocycles. The standard InChI is InChI=1S/C19H40O5S.Na/c1-2-3-4-5-6-7-8-9-10-11-12-13-14-15-16-24-19(17-20)18-25(21,22)23;/h19-20H,2-18H2,1H3,(H,21,22,23);/q;+1/p-1. The fourth-order valence-electron chi connectivity index (χ4n) is 2.93. The van der Waals surface area contributed by atoms with Crippen LogP contribution in [-0.2, 0) is 14.9 Å². The van der Waals surface area contributed by atoms with Gasteiger partial charge in [-0.2, -0.15) is 0 Å². The molecule has 26 heavy (non-hydrogen) atoms. The summed E-state index contributed by atoms with van der Waals surface area (Å²) in [4.78, 5) is 0. The van der Waals surface area contributed by atoms with Crippen LogP contribution in [-0.4, -0.2) is 43.1 Å². The molecule has 1 unspecified atom stereocenters. The van der Waals surface area contributed by atoms with Crippen LogP contribution in [0.4, 0.5) is 0 Å². The molecule has 1 N–H and O–H groups in total. The average molecular weight is 403 g/mol. The smallest absolute Gasteiger partial charge is 0.748 e. The molecule has 0 heterocycles. The maximum Gasteiger partial charge on any atom is 1.00 e. The molecule has 0 aliphatic heterocycles. The number of aliphatic hydroxyl groups excluding tert-OH is 1. The van der Waals surface area contributed by atoms with Crippen molar-refractivity contribution in [2.75, 3.05) is 19.0 Å². The Bertz CT molecular complexity index is 376. The largest absolute Gasteiger partial charge is 1.00 e. The zero-order chi connectivity index (χ0) is 18.8. The van der Waals surface area contributed by atoms with Gasteiger partial charge >= 0.3 is 29.6 Å². The van der Waals surface area contributed by atoms with Crippen LogP contribution < -0.4 is 29.6 Å². The first-order chi connectivity index (χ1) is 12.0. The molecule has 0 spiro atoms. The Balaban J connectivity index is 0. The predicted molar refractivity (Wildman–Crippen MR) is 102 cm³/mol. The van der Waals surface area contributed by atoms with Gasteiger partial charge in [-0.1, -0.05) is 90.4 Å². The summed E-state index contributed by atoms with van der Waals surface area (Å²) in [7, 11) is -4.34. The van der Waals surface area contributed by atoms with E-state index in [0.29, 0.717) is 6.61 Å². The van der Waals surface area contributed by atoms with Crippen molar-refractivity contribution in [2.24, 2.45) is 0 Å². The molecule has 0 aromatic carbocycles. The Morgan fingerprint density at radius 1 is 0.808 bits per heavy atom. The molecule has 0 aliphatic carbocycles. The van der Waals surface area contributed by atoms with Crippen LogP contribution in [0.5, 0.6) is 0 Å². The molecule has 152 valence electrons. The van der Waals surface area contributed by atoms with Crippen molar-refractivity contribution in [2.45, 2.75) is 103 Å². The van der Waals surface area contributed by atoms with Crippen molar-refractivity contribution < 1.29 is 52.4 Å². The van der Waals surface area contributed by atoms with Crippen LogP contribution in [0.25, 0.3) is 0 Å². The van der Waals surface area contributed by atoms with Crippen molar-refractivity contribution >= 4 is 10.1 Å². The second-order valence-electron chi connectivity index (χ2n) is 7.00. The van der Waals surface area contributed by atoms with Crippen molar-refractivity contribution in [1.82, 2.24) is 0 Å². The molecule has 0 amide bonds. The van der Waals surface area contributed by atoms with Gasteiger partial charge in [0.2, 0.25) is 0 Å². The second kappa shape index (κ2) is 20.6. The second-order valence-corrected chi connectivity index (χ2v) is 8.44. The summed E-state index contributed by atoms with van der Waals surface area (Å²) in [5, 5.41) is 8.98. The van der Waals surface area contributed by atoms with E-state index in [1.807, 2.05) is 0 Å². The number of hydrogen-bond donors (Lipinski definition) is 1. The van der Waals surface area contributed by atoms with Gasteiger partial charge in [-0.3, -0.25) is 0 Å². The summed E-state index contributed by atoms with van der Waals surface area (Å²) in [5.41, 5.74) is 0. The van der Waals surface area contributed by atoms with E-state index in [4.69, 9.17) is 9.84 Å². The molecule has 0 saturated carbocycles. The quantitative estimate of drug-likeness (QED) is 0.200. The van der Waals surface area contributed by atoms with E-state index in [9.17, 15) is 13.0 Å². The molecular formula is C19H39NaO5S. The summed E-state index contributed by atoms with van der Waals surface area (Å²) < 4.78 is 37.1. The normalized spacial score (nSPS) is 12.7. The summed E-state index contributed by atoms with van der Waals surface area (Å²) in [5.74, 6) is -0.651. The van der Waals surface area contributed by atoms with Gasteiger partial charge in [-0.05, 0) is 6.42 Å². The minimum absolute atomic E-state index is 0. The Morgan fingerprint density at radius 3 is 1.54 bits per heavy atom. The van der Waals surface area contributed by atoms with Gasteiger partial charge in [0.05, 0.1) is 28.6 Å². The van der Waals surface area contributed by atoms with E-state index in [0.717, 1.165) is 19.3 Å². The zero-order valence-corrected chi connectivity index (χ0v) is 19.9. The number of aliphatic hydroxyl groups is 1. The minimum atomic E-state index is -4.34. The zero-order valence-electron chi connectivity index (χ0n) is 17.1. The van der Waals surface area contributed by atoms with Crippen LogP contribution in [0, 0.1) is 0 Å². The first-order valence-corrected chi connectivity index (χ1v) is 11.7. The first-order valence-electron chi connectivity index (χ1n) is 10.2. The third-order valence-corrected chi connectivity index (χ3v) is 5.23. The Hall–Kier alpha value is 0.830. The van der Waals surface area contributed by atoms with Gasteiger partial charge < -0.3 is 14.4 Å². The van der Waals surface area contributed by atoms with Crippen LogP contribution in [0.2, 0.25) is 0 Å². The van der Waals surface area contributed by atoms with Crippen LogP contribution in [0.1, 0.15) is 96.8 Å². The van der Waals surface area contributed by atoms with Gasteiger partial charge in [-0.25, -0.2) is 8.42 Å². The van der Waals surface area contributed by atoms with Crippen LogP contribution in [0.3, 0.4) is 0 Å². The van der Waals surface area contributed by atoms with Gasteiger partial charge in [0, 0.05) is 6.61 Å². The monoisotopic (exact) mass is 402 g/mol. The Labute approximate surface area is 183 Å². The molecule has 0 rings (SSSR count). The SMILES string of the molecule is CCCCCCCCCCCCCCCCOC(CO)CS(=O)(=O)[O-].[Na+]. The maximum absolute atomic E-state index is 10.6. The summed E-state index contributed by atoms with van der Waals surface area (Å²) >= 11 is 0. The van der Waals surface area contributed by atoms with Crippen molar-refractivity contribution in [3.05, 3.63) is 0 Å². The minimum Gasteiger partial charge on any atom is -0.748 e. The summed E-state index contributed by atoms with van der Waals surface area (Å²) in [6.45, 7) is 2.22. The van der Waals surface area contributed by atoms with Crippen LogP contribution in [0.15, 0.2) is 0 Å². The molecule has 0 bridgehead atoms. The molecule has 0 saturated heterocycles. The number of rotatable bonds is 19. The number of hydrogen-bond acceptors (Lipinski definition) is 5.